The minimum Gasteiger partial charge on any atom is -0.450 e. The zero-order chi connectivity index (χ0) is 21.2. The number of anilines is 1. The lowest BCUT2D eigenvalue weighted by atomic mass is 9.98. The molecule has 1 amide bonds. The lowest BCUT2D eigenvalue weighted by Crippen LogP contribution is -2.29. The van der Waals surface area contributed by atoms with Gasteiger partial charge in [0.1, 0.15) is 5.58 Å². The molecule has 3 heterocycles. The average Bonchev–Trinajstić information content (AvgIpc) is 3.20. The van der Waals surface area contributed by atoms with Gasteiger partial charge in [0.15, 0.2) is 10.6 Å². The minimum atomic E-state index is -0.585. The Bertz CT molecular complexity index is 1370. The van der Waals surface area contributed by atoms with E-state index in [0.717, 1.165) is 26.2 Å². The summed E-state index contributed by atoms with van der Waals surface area (Å²) in [5.41, 5.74) is 3.38. The fourth-order valence-corrected chi connectivity index (χ4v) is 5.06. The van der Waals surface area contributed by atoms with Crippen LogP contribution in [0.4, 0.5) is 5.13 Å². The van der Waals surface area contributed by atoms with Gasteiger partial charge in [-0.1, -0.05) is 45.8 Å². The second-order valence-corrected chi connectivity index (χ2v) is 9.54. The number of fused-ring (bicyclic) bond motifs is 2. The van der Waals surface area contributed by atoms with Crippen molar-refractivity contribution in [3.63, 3.8) is 0 Å². The normalized spacial score (nSPS) is 15.8. The van der Waals surface area contributed by atoms with E-state index in [0.29, 0.717) is 21.7 Å². The second kappa shape index (κ2) is 6.89. The highest BCUT2D eigenvalue weighted by Crippen LogP contribution is 2.43. The number of nitrogens with zero attached hydrogens (tertiary/aromatic N) is 2. The van der Waals surface area contributed by atoms with Crippen molar-refractivity contribution in [3.8, 4) is 0 Å². The number of aryl methyl sites for hydroxylation is 3. The number of thiazole rings is 1. The summed E-state index contributed by atoms with van der Waals surface area (Å²) < 4.78 is 6.76. The quantitative estimate of drug-likeness (QED) is 0.369. The number of aromatic nitrogens is 1. The zero-order valence-corrected chi connectivity index (χ0v) is 18.9. The molecule has 0 saturated carbocycles. The number of hydrogen-bond donors (Lipinski definition) is 0. The van der Waals surface area contributed by atoms with Crippen LogP contribution in [0.3, 0.4) is 0 Å². The minimum absolute atomic E-state index is 0.0888. The van der Waals surface area contributed by atoms with Gasteiger partial charge in [0.05, 0.1) is 22.7 Å². The topological polar surface area (TPSA) is 63.4 Å². The van der Waals surface area contributed by atoms with Crippen LogP contribution in [0.15, 0.2) is 56.1 Å². The van der Waals surface area contributed by atoms with E-state index in [4.69, 9.17) is 4.42 Å². The van der Waals surface area contributed by atoms with E-state index in [1.165, 1.54) is 11.3 Å². The molecule has 0 saturated heterocycles. The molecule has 1 aliphatic rings. The van der Waals surface area contributed by atoms with Gasteiger partial charge in [-0.25, -0.2) is 4.98 Å². The Hall–Kier alpha value is -2.77. The lowest BCUT2D eigenvalue weighted by Gasteiger charge is -2.22. The van der Waals surface area contributed by atoms with Crippen molar-refractivity contribution in [3.05, 3.63) is 90.2 Å². The first kappa shape index (κ1) is 19.2. The highest BCUT2D eigenvalue weighted by atomic mass is 79.9. The number of carbonyl (C=O) groups excluding carboxylic acids is 1. The third-order valence-electron chi connectivity index (χ3n) is 5.45. The van der Waals surface area contributed by atoms with Gasteiger partial charge >= 0.3 is 0 Å². The molecule has 0 radical (unpaired) electrons. The second-order valence-electron chi connectivity index (χ2n) is 7.44. The maximum Gasteiger partial charge on any atom is 0.297 e. The molecule has 7 heteroatoms. The molecule has 1 aliphatic heterocycles. The molecule has 0 aliphatic carbocycles. The summed E-state index contributed by atoms with van der Waals surface area (Å²) >= 11 is 4.86. The monoisotopic (exact) mass is 480 g/mol. The molecule has 0 N–H and O–H groups in total. The maximum atomic E-state index is 13.5. The Labute approximate surface area is 185 Å². The molecule has 4 aromatic rings. The van der Waals surface area contributed by atoms with Gasteiger partial charge in [0.25, 0.3) is 5.91 Å². The Balaban J connectivity index is 1.82. The van der Waals surface area contributed by atoms with Crippen LogP contribution in [0.1, 0.15) is 43.9 Å². The van der Waals surface area contributed by atoms with Crippen LogP contribution in [-0.4, -0.2) is 10.9 Å². The van der Waals surface area contributed by atoms with Gasteiger partial charge in [-0.15, -0.1) is 11.3 Å². The number of halogens is 1. The SMILES string of the molecule is Cc1ccc(C2c3c(oc4ccc(Br)cc4c3=O)C(=O)N2c2nc(C)c(C)s2)cc1. The number of amides is 1. The number of rotatable bonds is 2. The summed E-state index contributed by atoms with van der Waals surface area (Å²) in [5, 5.41) is 1.01. The largest absolute Gasteiger partial charge is 0.450 e. The molecule has 30 heavy (non-hydrogen) atoms. The van der Waals surface area contributed by atoms with E-state index in [2.05, 4.69) is 20.9 Å². The lowest BCUT2D eigenvalue weighted by molar-refractivity contribution is 0.0971. The predicted molar refractivity (Wildman–Crippen MR) is 122 cm³/mol. The van der Waals surface area contributed by atoms with Crippen molar-refractivity contribution in [2.75, 3.05) is 4.90 Å². The molecule has 2 aromatic carbocycles. The standard InChI is InChI=1S/C23H17BrN2O3S/c1-11-4-6-14(7-5-11)19-18-20(27)16-10-15(24)8-9-17(16)29-21(18)22(28)26(19)23-25-12(2)13(3)30-23/h4-10,19H,1-3H3. The highest BCUT2D eigenvalue weighted by Gasteiger charge is 2.45. The van der Waals surface area contributed by atoms with Crippen molar-refractivity contribution in [2.24, 2.45) is 0 Å². The fraction of sp³-hybridized carbons (Fsp3) is 0.174. The number of benzene rings is 2. The predicted octanol–water partition coefficient (Wildman–Crippen LogP) is 5.69. The van der Waals surface area contributed by atoms with Crippen molar-refractivity contribution >= 4 is 49.3 Å². The average molecular weight is 481 g/mol. The van der Waals surface area contributed by atoms with Gasteiger partial charge < -0.3 is 4.42 Å². The van der Waals surface area contributed by atoms with Crippen LogP contribution in [0.5, 0.6) is 0 Å². The van der Waals surface area contributed by atoms with Crippen molar-refractivity contribution < 1.29 is 9.21 Å². The van der Waals surface area contributed by atoms with Crippen LogP contribution < -0.4 is 10.3 Å². The summed E-state index contributed by atoms with van der Waals surface area (Å²) in [7, 11) is 0. The zero-order valence-electron chi connectivity index (χ0n) is 16.5. The molecule has 5 rings (SSSR count). The van der Waals surface area contributed by atoms with Gasteiger partial charge in [0.2, 0.25) is 5.76 Å². The first-order chi connectivity index (χ1) is 14.3. The number of hydrogen-bond acceptors (Lipinski definition) is 5. The summed E-state index contributed by atoms with van der Waals surface area (Å²) in [6.45, 7) is 5.89. The summed E-state index contributed by atoms with van der Waals surface area (Å²) in [5.74, 6) is -0.253. The molecule has 5 nitrogen and oxygen atoms in total. The highest BCUT2D eigenvalue weighted by molar-refractivity contribution is 9.10. The Kier molecular flexibility index (Phi) is 4.41. The van der Waals surface area contributed by atoms with E-state index in [1.54, 1.807) is 23.1 Å². The van der Waals surface area contributed by atoms with E-state index in [9.17, 15) is 9.59 Å². The van der Waals surface area contributed by atoms with Gasteiger partial charge in [-0.3, -0.25) is 14.5 Å². The number of carbonyl (C=O) groups is 1. The van der Waals surface area contributed by atoms with Crippen LogP contribution >= 0.6 is 27.3 Å². The molecule has 2 aromatic heterocycles. The first-order valence-electron chi connectivity index (χ1n) is 9.45. The fourth-order valence-electron chi connectivity index (χ4n) is 3.77. The Morgan fingerprint density at radius 2 is 1.80 bits per heavy atom. The Morgan fingerprint density at radius 3 is 2.47 bits per heavy atom. The smallest absolute Gasteiger partial charge is 0.297 e. The molecule has 0 bridgehead atoms. The van der Waals surface area contributed by atoms with E-state index in [-0.39, 0.29) is 17.1 Å². The van der Waals surface area contributed by atoms with Crippen molar-refractivity contribution in [1.82, 2.24) is 4.98 Å². The van der Waals surface area contributed by atoms with Crippen molar-refractivity contribution in [2.45, 2.75) is 26.8 Å². The van der Waals surface area contributed by atoms with Crippen molar-refractivity contribution in [1.29, 1.82) is 0 Å². The van der Waals surface area contributed by atoms with Gasteiger partial charge in [-0.2, -0.15) is 0 Å². The summed E-state index contributed by atoms with van der Waals surface area (Å²) in [6.07, 6.45) is 0. The molecule has 1 atom stereocenters. The van der Waals surface area contributed by atoms with Gasteiger partial charge in [-0.05, 0) is 44.5 Å². The van der Waals surface area contributed by atoms with E-state index >= 15 is 0 Å². The molecule has 0 fully saturated rings. The molecular formula is C23H17BrN2O3S. The maximum absolute atomic E-state index is 13.5. The third-order valence-corrected chi connectivity index (χ3v) is 7.01. The molecule has 150 valence electrons. The third kappa shape index (κ3) is 2.84. The van der Waals surface area contributed by atoms with Crippen LogP contribution in [0, 0.1) is 20.8 Å². The van der Waals surface area contributed by atoms with Crippen LogP contribution in [0.2, 0.25) is 0 Å². The summed E-state index contributed by atoms with van der Waals surface area (Å²) in [6, 6.07) is 12.5. The molecule has 1 unspecified atom stereocenters. The van der Waals surface area contributed by atoms with E-state index < -0.39 is 6.04 Å². The van der Waals surface area contributed by atoms with Gasteiger partial charge in [0, 0.05) is 9.35 Å². The first-order valence-corrected chi connectivity index (χ1v) is 11.1. The molecular weight excluding hydrogens is 464 g/mol. The Morgan fingerprint density at radius 1 is 1.07 bits per heavy atom. The summed E-state index contributed by atoms with van der Waals surface area (Å²) in [4.78, 5) is 34.3. The van der Waals surface area contributed by atoms with E-state index in [1.807, 2.05) is 45.0 Å². The van der Waals surface area contributed by atoms with Crippen LogP contribution in [-0.2, 0) is 0 Å². The van der Waals surface area contributed by atoms with Crippen LogP contribution in [0.25, 0.3) is 11.0 Å². The molecule has 0 spiro atoms.